The number of hydrogen-bond donors (Lipinski definition) is 0. The lowest BCUT2D eigenvalue weighted by Crippen LogP contribution is -2.10. The summed E-state index contributed by atoms with van der Waals surface area (Å²) >= 11 is 1.82. The van der Waals surface area contributed by atoms with Crippen molar-refractivity contribution >= 4 is 81.3 Å². The summed E-state index contributed by atoms with van der Waals surface area (Å²) in [6.45, 7) is 0. The molecule has 0 N–H and O–H groups in total. The number of hydrogen-bond acceptors (Lipinski definition) is 5. The molecule has 5 heteroatoms. The topological polar surface area (TPSA) is 42.2 Å². The molecule has 0 aliphatic carbocycles. The molecule has 0 saturated carbocycles. The molecule has 0 atom stereocenters. The number of anilines is 3. The molecular weight excluding hydrogens is 691 g/mol. The fraction of sp³-hybridized carbons (Fsp3) is 0. The summed E-state index contributed by atoms with van der Waals surface area (Å²) < 4.78 is 9.47. The van der Waals surface area contributed by atoms with E-state index in [1.165, 1.54) is 25.6 Å². The van der Waals surface area contributed by atoms with Crippen molar-refractivity contribution in [1.82, 2.24) is 9.97 Å². The minimum absolute atomic E-state index is 0.678. The van der Waals surface area contributed by atoms with Crippen molar-refractivity contribution in [2.75, 3.05) is 4.90 Å². The lowest BCUT2D eigenvalue weighted by molar-refractivity contribution is 0.669. The summed E-state index contributed by atoms with van der Waals surface area (Å²) in [7, 11) is 0. The average molecular weight is 722 g/mol. The van der Waals surface area contributed by atoms with Gasteiger partial charge in [0.05, 0.1) is 17.1 Å². The van der Waals surface area contributed by atoms with Gasteiger partial charge in [0.15, 0.2) is 11.4 Å². The van der Waals surface area contributed by atoms with Crippen LogP contribution in [0.5, 0.6) is 0 Å². The van der Waals surface area contributed by atoms with Gasteiger partial charge in [0.25, 0.3) is 0 Å². The van der Waals surface area contributed by atoms with E-state index in [-0.39, 0.29) is 0 Å². The first-order valence-corrected chi connectivity index (χ1v) is 19.2. The van der Waals surface area contributed by atoms with Crippen LogP contribution in [-0.2, 0) is 0 Å². The Balaban J connectivity index is 1.22. The van der Waals surface area contributed by atoms with Crippen molar-refractivity contribution in [3.05, 3.63) is 188 Å². The van der Waals surface area contributed by atoms with Gasteiger partial charge in [-0.1, -0.05) is 127 Å². The lowest BCUT2D eigenvalue weighted by Gasteiger charge is -2.26. The molecule has 4 nitrogen and oxygen atoms in total. The maximum Gasteiger partial charge on any atom is 0.160 e. The second kappa shape index (κ2) is 12.8. The predicted octanol–water partition coefficient (Wildman–Crippen LogP) is 14.4. The third kappa shape index (κ3) is 5.44. The van der Waals surface area contributed by atoms with E-state index in [9.17, 15) is 0 Å². The average Bonchev–Trinajstić information content (AvgIpc) is 3.81. The number of benzene rings is 8. The Kier molecular flexibility index (Phi) is 7.32. The van der Waals surface area contributed by atoms with E-state index in [1.807, 2.05) is 35.6 Å². The minimum Gasteiger partial charge on any atom is -0.454 e. The number of nitrogens with zero attached hydrogens (tertiary/aromatic N) is 3. The van der Waals surface area contributed by atoms with Crippen molar-refractivity contribution in [2.45, 2.75) is 0 Å². The molecule has 0 radical (unpaired) electrons. The molecule has 0 aliphatic heterocycles. The first-order valence-electron chi connectivity index (χ1n) is 18.4. The molecule has 8 aromatic carbocycles. The molecule has 0 saturated heterocycles. The third-order valence-corrected chi connectivity index (χ3v) is 11.6. The van der Waals surface area contributed by atoms with Crippen LogP contribution in [0.1, 0.15) is 0 Å². The van der Waals surface area contributed by atoms with E-state index in [4.69, 9.17) is 14.4 Å². The van der Waals surface area contributed by atoms with Gasteiger partial charge >= 0.3 is 0 Å². The van der Waals surface area contributed by atoms with Gasteiger partial charge < -0.3 is 9.32 Å². The van der Waals surface area contributed by atoms with E-state index in [0.29, 0.717) is 5.82 Å². The Hall–Kier alpha value is -7.08. The number of thiophene rings is 1. The van der Waals surface area contributed by atoms with Crippen LogP contribution in [0.3, 0.4) is 0 Å². The van der Waals surface area contributed by atoms with Gasteiger partial charge in [-0.2, -0.15) is 0 Å². The summed E-state index contributed by atoms with van der Waals surface area (Å²) in [5.41, 5.74) is 9.34. The number of furan rings is 1. The molecule has 258 valence electrons. The Bertz CT molecular complexity index is 3150. The van der Waals surface area contributed by atoms with Gasteiger partial charge in [-0.15, -0.1) is 11.3 Å². The molecule has 3 heterocycles. The van der Waals surface area contributed by atoms with Gasteiger partial charge in [-0.3, -0.25) is 0 Å². The minimum atomic E-state index is 0.678. The molecule has 55 heavy (non-hydrogen) atoms. The highest BCUT2D eigenvalue weighted by molar-refractivity contribution is 7.25. The van der Waals surface area contributed by atoms with E-state index < -0.39 is 0 Å². The third-order valence-electron chi connectivity index (χ3n) is 10.4. The summed E-state index contributed by atoms with van der Waals surface area (Å²) in [4.78, 5) is 12.7. The highest BCUT2D eigenvalue weighted by Crippen LogP contribution is 2.47. The Morgan fingerprint density at radius 2 is 1.05 bits per heavy atom. The number of para-hydroxylation sites is 1. The zero-order valence-electron chi connectivity index (χ0n) is 29.6. The molecule has 3 aromatic heterocycles. The SMILES string of the molecule is c1ccc(-c2cc(-c3cc(N(c4ccccc4)c4ccc5c(c4)sc4ccccc45)c4oc5cc6ccccc6cc5c4c3)nc(-c3ccccc3)n2)cc1. The molecule has 0 aliphatic rings. The number of rotatable bonds is 6. The second-order valence-electron chi connectivity index (χ2n) is 13.8. The maximum atomic E-state index is 6.96. The number of fused-ring (bicyclic) bond motifs is 7. The fourth-order valence-electron chi connectivity index (χ4n) is 7.79. The van der Waals surface area contributed by atoms with Crippen molar-refractivity contribution in [1.29, 1.82) is 0 Å². The molecule has 0 amide bonds. The molecule has 0 spiro atoms. The van der Waals surface area contributed by atoms with Crippen molar-refractivity contribution in [3.63, 3.8) is 0 Å². The summed E-state index contributed by atoms with van der Waals surface area (Å²) in [6.07, 6.45) is 0. The van der Waals surface area contributed by atoms with Gasteiger partial charge in [0, 0.05) is 59.0 Å². The van der Waals surface area contributed by atoms with Crippen molar-refractivity contribution < 1.29 is 4.42 Å². The van der Waals surface area contributed by atoms with Crippen LogP contribution < -0.4 is 4.90 Å². The standard InChI is InChI=1S/C50H31N3OS/c1-4-14-32(15-5-1)43-31-44(52-50(51-43)33-16-6-2-7-17-33)36-27-42-41-26-34-18-10-11-19-35(34)29-46(41)54-49(42)45(28-36)53(37-20-8-3-9-21-37)38-24-25-40-39-22-12-13-23-47(39)55-48(40)30-38/h1-31H. The van der Waals surface area contributed by atoms with Gasteiger partial charge in [0.1, 0.15) is 5.58 Å². The smallest absolute Gasteiger partial charge is 0.160 e. The highest BCUT2D eigenvalue weighted by atomic mass is 32.1. The van der Waals surface area contributed by atoms with Gasteiger partial charge in [-0.05, 0) is 71.4 Å². The van der Waals surface area contributed by atoms with Crippen LogP contribution in [0.25, 0.3) is 86.8 Å². The zero-order chi connectivity index (χ0) is 36.3. The fourth-order valence-corrected chi connectivity index (χ4v) is 8.92. The Labute approximate surface area is 321 Å². The van der Waals surface area contributed by atoms with Crippen molar-refractivity contribution in [2.24, 2.45) is 0 Å². The van der Waals surface area contributed by atoms with Gasteiger partial charge in [0.2, 0.25) is 0 Å². The largest absolute Gasteiger partial charge is 0.454 e. The Morgan fingerprint density at radius 1 is 0.418 bits per heavy atom. The molecule has 0 unspecified atom stereocenters. The van der Waals surface area contributed by atoms with Crippen LogP contribution in [0.4, 0.5) is 17.1 Å². The lowest BCUT2D eigenvalue weighted by atomic mass is 10.0. The summed E-state index contributed by atoms with van der Waals surface area (Å²) in [5, 5.41) is 6.93. The second-order valence-corrected chi connectivity index (χ2v) is 14.9. The zero-order valence-corrected chi connectivity index (χ0v) is 30.4. The summed E-state index contributed by atoms with van der Waals surface area (Å²) in [6, 6.07) is 66.1. The highest BCUT2D eigenvalue weighted by Gasteiger charge is 2.23. The van der Waals surface area contributed by atoms with Crippen LogP contribution in [0, 0.1) is 0 Å². The molecule has 11 aromatic rings. The molecule has 0 fully saturated rings. The molecule has 0 bridgehead atoms. The first kappa shape index (κ1) is 31.4. The van der Waals surface area contributed by atoms with Crippen LogP contribution in [0.2, 0.25) is 0 Å². The van der Waals surface area contributed by atoms with Crippen LogP contribution in [-0.4, -0.2) is 9.97 Å². The predicted molar refractivity (Wildman–Crippen MR) is 231 cm³/mol. The quantitative estimate of drug-likeness (QED) is 0.171. The monoisotopic (exact) mass is 721 g/mol. The van der Waals surface area contributed by atoms with E-state index in [0.717, 1.165) is 72.5 Å². The molecule has 11 rings (SSSR count). The maximum absolute atomic E-state index is 6.96. The Morgan fingerprint density at radius 3 is 1.84 bits per heavy atom. The molecular formula is C50H31N3OS. The summed E-state index contributed by atoms with van der Waals surface area (Å²) in [5.74, 6) is 0.678. The van der Waals surface area contributed by atoms with Gasteiger partial charge in [-0.25, -0.2) is 9.97 Å². The van der Waals surface area contributed by atoms with Crippen LogP contribution in [0.15, 0.2) is 192 Å². The van der Waals surface area contributed by atoms with E-state index in [1.54, 1.807) is 0 Å². The first-order chi connectivity index (χ1) is 27.2. The normalized spacial score (nSPS) is 11.6. The van der Waals surface area contributed by atoms with E-state index >= 15 is 0 Å². The van der Waals surface area contributed by atoms with Crippen molar-refractivity contribution in [3.8, 4) is 33.9 Å². The van der Waals surface area contributed by atoms with Crippen LogP contribution >= 0.6 is 11.3 Å². The van der Waals surface area contributed by atoms with E-state index in [2.05, 4.69) is 169 Å². The number of aromatic nitrogens is 2.